The van der Waals surface area contributed by atoms with Crippen molar-refractivity contribution in [1.82, 2.24) is 20.4 Å². The molecule has 184 valence electrons. The van der Waals surface area contributed by atoms with E-state index in [9.17, 15) is 14.0 Å². The van der Waals surface area contributed by atoms with Gasteiger partial charge in [0.1, 0.15) is 0 Å². The van der Waals surface area contributed by atoms with Gasteiger partial charge in [-0.15, -0.1) is 0 Å². The first-order valence-electron chi connectivity index (χ1n) is 12.3. The van der Waals surface area contributed by atoms with Crippen molar-refractivity contribution in [3.05, 3.63) is 29.6 Å². The number of methoxy groups -OCH3 is 1. The molecule has 7 nitrogen and oxygen atoms in total. The molecule has 1 aromatic rings. The number of hydrogen-bond donors (Lipinski definition) is 2. The average Bonchev–Trinajstić information content (AvgIpc) is 2.81. The third-order valence-electron chi connectivity index (χ3n) is 7.02. The lowest BCUT2D eigenvalue weighted by atomic mass is 9.98. The summed E-state index contributed by atoms with van der Waals surface area (Å²) in [6.07, 6.45) is 5.10. The van der Waals surface area contributed by atoms with E-state index in [2.05, 4.69) is 29.4 Å². The van der Waals surface area contributed by atoms with E-state index < -0.39 is 0 Å². The predicted octanol–water partition coefficient (Wildman–Crippen LogP) is 3.53. The van der Waals surface area contributed by atoms with Crippen LogP contribution in [0, 0.1) is 11.7 Å². The normalized spacial score (nSPS) is 18.4. The van der Waals surface area contributed by atoms with E-state index >= 15 is 0 Å². The first kappa shape index (κ1) is 25.3. The highest BCUT2D eigenvalue weighted by atomic mass is 19.1. The highest BCUT2D eigenvalue weighted by Gasteiger charge is 2.28. The zero-order valence-corrected chi connectivity index (χ0v) is 20.2. The number of likely N-dealkylation sites (tertiary alicyclic amines) is 2. The van der Waals surface area contributed by atoms with Crippen LogP contribution in [0.3, 0.4) is 0 Å². The van der Waals surface area contributed by atoms with E-state index in [1.165, 1.54) is 13.2 Å². The Morgan fingerprint density at radius 1 is 1.03 bits per heavy atom. The van der Waals surface area contributed by atoms with Gasteiger partial charge in [-0.05, 0) is 56.2 Å². The number of amides is 3. The van der Waals surface area contributed by atoms with Crippen molar-refractivity contribution in [2.24, 2.45) is 5.92 Å². The predicted molar refractivity (Wildman–Crippen MR) is 127 cm³/mol. The zero-order chi connectivity index (χ0) is 23.8. The molecule has 0 aromatic heterocycles. The Morgan fingerprint density at radius 3 is 2.12 bits per heavy atom. The molecule has 2 aliphatic heterocycles. The Bertz CT molecular complexity index is 786. The maximum atomic E-state index is 13.9. The molecule has 0 spiro atoms. The number of ether oxygens (including phenoxy) is 1. The number of nitrogens with zero attached hydrogens (tertiary/aromatic N) is 2. The third kappa shape index (κ3) is 7.06. The van der Waals surface area contributed by atoms with Gasteiger partial charge >= 0.3 is 6.03 Å². The summed E-state index contributed by atoms with van der Waals surface area (Å²) in [5.74, 6) is 0.296. The van der Waals surface area contributed by atoms with Gasteiger partial charge in [-0.25, -0.2) is 9.18 Å². The molecular weight excluding hydrogens is 423 g/mol. The molecule has 0 bridgehead atoms. The third-order valence-corrected chi connectivity index (χ3v) is 7.02. The van der Waals surface area contributed by atoms with Crippen molar-refractivity contribution in [1.29, 1.82) is 0 Å². The van der Waals surface area contributed by atoms with Crippen molar-refractivity contribution in [3.63, 3.8) is 0 Å². The lowest BCUT2D eigenvalue weighted by Crippen LogP contribution is -2.53. The number of urea groups is 1. The van der Waals surface area contributed by atoms with Crippen LogP contribution < -0.4 is 15.4 Å². The van der Waals surface area contributed by atoms with E-state index in [0.29, 0.717) is 19.6 Å². The smallest absolute Gasteiger partial charge is 0.315 e. The summed E-state index contributed by atoms with van der Waals surface area (Å²) in [5, 5.41) is 6.21. The summed E-state index contributed by atoms with van der Waals surface area (Å²) in [6, 6.07) is 5.22. The quantitative estimate of drug-likeness (QED) is 0.620. The van der Waals surface area contributed by atoms with E-state index in [1.54, 1.807) is 6.07 Å². The number of nitrogens with one attached hydrogen (secondary N) is 2. The van der Waals surface area contributed by atoms with Crippen LogP contribution in [0.15, 0.2) is 18.2 Å². The Hall–Kier alpha value is -2.35. The fraction of sp³-hybridized carbons (Fsp3) is 0.680. The molecule has 2 heterocycles. The number of benzene rings is 1. The second-order valence-corrected chi connectivity index (χ2v) is 9.25. The van der Waals surface area contributed by atoms with Crippen LogP contribution >= 0.6 is 0 Å². The molecule has 3 amide bonds. The topological polar surface area (TPSA) is 73.9 Å². The van der Waals surface area contributed by atoms with Crippen LogP contribution in [-0.4, -0.2) is 67.1 Å². The Kier molecular flexibility index (Phi) is 9.35. The minimum atomic E-state index is -0.339. The standard InChI is InChI=1S/C25H39FN4O3/c1-4-19(5-2)24(31)30-14-10-21(11-15-30)28-25(32)27-20-8-12-29(13-9-20)17-18-6-7-23(33-3)22(26)16-18/h6-7,16,19-21H,4-5,8-15,17H2,1-3H3,(H2,27,28,32). The van der Waals surface area contributed by atoms with Crippen LogP contribution in [0.1, 0.15) is 57.9 Å². The summed E-state index contributed by atoms with van der Waals surface area (Å²) < 4.78 is 18.9. The van der Waals surface area contributed by atoms with E-state index in [4.69, 9.17) is 4.74 Å². The highest BCUT2D eigenvalue weighted by molar-refractivity contribution is 5.79. The Balaban J connectivity index is 1.35. The van der Waals surface area contributed by atoms with Crippen LogP contribution in [0.2, 0.25) is 0 Å². The summed E-state index contributed by atoms with van der Waals surface area (Å²) in [7, 11) is 1.46. The largest absolute Gasteiger partial charge is 0.494 e. The molecule has 0 saturated carbocycles. The molecule has 8 heteroatoms. The Morgan fingerprint density at radius 2 is 1.61 bits per heavy atom. The second-order valence-electron chi connectivity index (χ2n) is 9.25. The van der Waals surface area contributed by atoms with Crippen molar-refractivity contribution >= 4 is 11.9 Å². The molecule has 0 radical (unpaired) electrons. The van der Waals surface area contributed by atoms with Crippen LogP contribution in [0.4, 0.5) is 9.18 Å². The minimum absolute atomic E-state index is 0.112. The van der Waals surface area contributed by atoms with Crippen molar-refractivity contribution in [2.75, 3.05) is 33.3 Å². The highest BCUT2D eigenvalue weighted by Crippen LogP contribution is 2.21. The number of rotatable bonds is 8. The number of halogens is 1. The second kappa shape index (κ2) is 12.2. The molecule has 2 saturated heterocycles. The maximum Gasteiger partial charge on any atom is 0.315 e. The van der Waals surface area contributed by atoms with Gasteiger partial charge in [0.2, 0.25) is 5.91 Å². The molecule has 33 heavy (non-hydrogen) atoms. The van der Waals surface area contributed by atoms with Gasteiger partial charge in [0.15, 0.2) is 11.6 Å². The van der Waals surface area contributed by atoms with Gasteiger partial charge in [0, 0.05) is 50.7 Å². The molecule has 2 fully saturated rings. The zero-order valence-electron chi connectivity index (χ0n) is 20.2. The van der Waals surface area contributed by atoms with E-state index in [-0.39, 0.29) is 41.5 Å². The lowest BCUT2D eigenvalue weighted by molar-refractivity contribution is -0.136. The van der Waals surface area contributed by atoms with Gasteiger partial charge in [-0.3, -0.25) is 9.69 Å². The molecule has 3 rings (SSSR count). The summed E-state index contributed by atoms with van der Waals surface area (Å²) in [5.41, 5.74) is 0.923. The minimum Gasteiger partial charge on any atom is -0.494 e. The van der Waals surface area contributed by atoms with E-state index in [1.807, 2.05) is 11.0 Å². The van der Waals surface area contributed by atoms with Crippen LogP contribution in [0.25, 0.3) is 0 Å². The molecule has 2 aliphatic rings. The van der Waals surface area contributed by atoms with Crippen molar-refractivity contribution < 1.29 is 18.7 Å². The lowest BCUT2D eigenvalue weighted by Gasteiger charge is -2.35. The van der Waals surface area contributed by atoms with Gasteiger partial charge in [-0.2, -0.15) is 0 Å². The number of piperidine rings is 2. The molecular formula is C25H39FN4O3. The summed E-state index contributed by atoms with van der Waals surface area (Å²) >= 11 is 0. The van der Waals surface area contributed by atoms with Gasteiger partial charge in [-0.1, -0.05) is 19.9 Å². The van der Waals surface area contributed by atoms with Gasteiger partial charge in [0.05, 0.1) is 7.11 Å². The Labute approximate surface area is 197 Å². The van der Waals surface area contributed by atoms with Crippen molar-refractivity contribution in [3.8, 4) is 5.75 Å². The first-order chi connectivity index (χ1) is 15.9. The fourth-order valence-corrected chi connectivity index (χ4v) is 4.85. The van der Waals surface area contributed by atoms with Crippen molar-refractivity contribution in [2.45, 2.75) is 71.0 Å². The van der Waals surface area contributed by atoms with Gasteiger partial charge in [0.25, 0.3) is 0 Å². The molecule has 1 aromatic carbocycles. The number of carbonyl (C=O) groups excluding carboxylic acids is 2. The molecule has 0 atom stereocenters. The number of hydrogen-bond acceptors (Lipinski definition) is 4. The first-order valence-corrected chi connectivity index (χ1v) is 12.3. The SMILES string of the molecule is CCC(CC)C(=O)N1CCC(NC(=O)NC2CCN(Cc3ccc(OC)c(F)c3)CC2)CC1. The van der Waals surface area contributed by atoms with Crippen LogP contribution in [-0.2, 0) is 11.3 Å². The molecule has 2 N–H and O–H groups in total. The monoisotopic (exact) mass is 462 g/mol. The van der Waals surface area contributed by atoms with Crippen LogP contribution in [0.5, 0.6) is 5.75 Å². The summed E-state index contributed by atoms with van der Waals surface area (Å²) in [6.45, 7) is 7.95. The van der Waals surface area contributed by atoms with Gasteiger partial charge < -0.3 is 20.3 Å². The fourth-order valence-electron chi connectivity index (χ4n) is 4.85. The summed E-state index contributed by atoms with van der Waals surface area (Å²) in [4.78, 5) is 29.3. The molecule has 0 unspecified atom stereocenters. The van der Waals surface area contributed by atoms with E-state index in [0.717, 1.165) is 57.2 Å². The average molecular weight is 463 g/mol. The number of carbonyl (C=O) groups is 2. The molecule has 0 aliphatic carbocycles. The maximum absolute atomic E-state index is 13.9.